The average Bonchev–Trinajstić information content (AvgIpc) is 1.69. The van der Waals surface area contributed by atoms with Gasteiger partial charge in [-0.25, -0.2) is 0 Å². The Hall–Kier alpha value is -0.790. The summed E-state index contributed by atoms with van der Waals surface area (Å²) in [6.45, 7) is 1.21. The predicted octanol–water partition coefficient (Wildman–Crippen LogP) is 0.651. The summed E-state index contributed by atoms with van der Waals surface area (Å²) >= 11 is 0. The maximum absolute atomic E-state index is 10.2. The van der Waals surface area contributed by atoms with Crippen molar-refractivity contribution < 1.29 is 9.53 Å². The largest absolute Gasteiger partial charge is 0.486 e. The first-order chi connectivity index (χ1) is 3.39. The Labute approximate surface area is 41.8 Å². The van der Waals surface area contributed by atoms with Crippen LogP contribution in [-0.2, 0) is 9.53 Å². The second-order valence-electron chi connectivity index (χ2n) is 1.30. The Morgan fingerprint density at radius 1 is 1.71 bits per heavy atom. The van der Waals surface area contributed by atoms with Crippen molar-refractivity contribution in [2.24, 2.45) is 0 Å². The normalized spacial score (nSPS) is 19.1. The van der Waals surface area contributed by atoms with E-state index < -0.39 is 0 Å². The standard InChI is InChI=1S/C5H5O2/c6-5-2-1-3-7-4-5/h1,3-4H,2H2. The first-order valence-corrected chi connectivity index (χ1v) is 2.06. The number of allylic oxidation sites excluding steroid dienone is 1. The maximum Gasteiger partial charge on any atom is 0.200 e. The fourth-order valence-electron chi connectivity index (χ4n) is 0.383. The molecule has 0 atom stereocenters. The summed E-state index contributed by atoms with van der Waals surface area (Å²) in [5.41, 5.74) is 0. The van der Waals surface area contributed by atoms with E-state index in [1.165, 1.54) is 12.9 Å². The highest BCUT2D eigenvalue weighted by atomic mass is 16.5. The molecule has 7 heavy (non-hydrogen) atoms. The molecule has 1 rings (SSSR count). The molecular weight excluding hydrogens is 92.1 g/mol. The van der Waals surface area contributed by atoms with Crippen molar-refractivity contribution in [1.29, 1.82) is 0 Å². The summed E-state index contributed by atoms with van der Waals surface area (Å²) in [4.78, 5) is 10.2. The van der Waals surface area contributed by atoms with Gasteiger partial charge in [0.15, 0.2) is 12.4 Å². The summed E-state index contributed by atoms with van der Waals surface area (Å²) in [7, 11) is 0. The van der Waals surface area contributed by atoms with Gasteiger partial charge in [0.1, 0.15) is 0 Å². The van der Waals surface area contributed by atoms with Crippen molar-refractivity contribution >= 4 is 5.78 Å². The van der Waals surface area contributed by atoms with Crippen LogP contribution in [0.1, 0.15) is 6.42 Å². The van der Waals surface area contributed by atoms with E-state index in [0.29, 0.717) is 6.42 Å². The lowest BCUT2D eigenvalue weighted by Crippen LogP contribution is -2.01. The van der Waals surface area contributed by atoms with E-state index in [9.17, 15) is 4.79 Å². The van der Waals surface area contributed by atoms with Crippen LogP contribution in [0.15, 0.2) is 12.3 Å². The van der Waals surface area contributed by atoms with Gasteiger partial charge in [-0.15, -0.1) is 0 Å². The number of hydrogen-bond donors (Lipinski definition) is 0. The highest BCUT2D eigenvalue weighted by Crippen LogP contribution is 1.98. The highest BCUT2D eigenvalue weighted by molar-refractivity contribution is 5.87. The van der Waals surface area contributed by atoms with Crippen molar-refractivity contribution in [3.63, 3.8) is 0 Å². The first kappa shape index (κ1) is 4.37. The Morgan fingerprint density at radius 2 is 2.57 bits per heavy atom. The lowest BCUT2D eigenvalue weighted by Gasteiger charge is -2.00. The van der Waals surface area contributed by atoms with Crippen molar-refractivity contribution in [2.45, 2.75) is 6.42 Å². The van der Waals surface area contributed by atoms with Gasteiger partial charge in [-0.2, -0.15) is 0 Å². The monoisotopic (exact) mass is 97.0 g/mol. The number of rotatable bonds is 0. The summed E-state index contributed by atoms with van der Waals surface area (Å²) in [6.07, 6.45) is 3.67. The van der Waals surface area contributed by atoms with Crippen LogP contribution >= 0.6 is 0 Å². The van der Waals surface area contributed by atoms with Gasteiger partial charge in [-0.3, -0.25) is 4.79 Å². The number of carbonyl (C=O) groups is 1. The van der Waals surface area contributed by atoms with Crippen molar-refractivity contribution in [2.75, 3.05) is 0 Å². The summed E-state index contributed by atoms with van der Waals surface area (Å²) < 4.78 is 4.53. The molecule has 2 heteroatoms. The van der Waals surface area contributed by atoms with Crippen LogP contribution < -0.4 is 0 Å². The first-order valence-electron chi connectivity index (χ1n) is 2.06. The van der Waals surface area contributed by atoms with E-state index in [4.69, 9.17) is 0 Å². The third-order valence-electron chi connectivity index (χ3n) is 0.693. The highest BCUT2D eigenvalue weighted by Gasteiger charge is 2.02. The second-order valence-corrected chi connectivity index (χ2v) is 1.30. The molecule has 0 unspecified atom stereocenters. The van der Waals surface area contributed by atoms with Crippen LogP contribution in [0, 0.1) is 6.61 Å². The maximum atomic E-state index is 10.2. The molecule has 0 spiro atoms. The van der Waals surface area contributed by atoms with Gasteiger partial charge in [-0.1, -0.05) is 0 Å². The molecule has 0 saturated heterocycles. The van der Waals surface area contributed by atoms with Crippen LogP contribution in [0.4, 0.5) is 0 Å². The Morgan fingerprint density at radius 3 is 2.86 bits per heavy atom. The molecule has 0 N–H and O–H groups in total. The smallest absolute Gasteiger partial charge is 0.200 e. The third-order valence-corrected chi connectivity index (χ3v) is 0.693. The molecule has 1 aliphatic heterocycles. The van der Waals surface area contributed by atoms with E-state index >= 15 is 0 Å². The van der Waals surface area contributed by atoms with Gasteiger partial charge in [0.05, 0.1) is 6.26 Å². The quantitative estimate of drug-likeness (QED) is 0.443. The van der Waals surface area contributed by atoms with Gasteiger partial charge >= 0.3 is 0 Å². The molecule has 37 valence electrons. The predicted molar refractivity (Wildman–Crippen MR) is 24.1 cm³/mol. The van der Waals surface area contributed by atoms with Crippen molar-refractivity contribution in [3.8, 4) is 0 Å². The van der Waals surface area contributed by atoms with Gasteiger partial charge in [-0.05, 0) is 6.08 Å². The number of carbonyl (C=O) groups excluding carboxylic acids is 1. The van der Waals surface area contributed by atoms with Gasteiger partial charge in [0.25, 0.3) is 0 Å². The molecule has 0 amide bonds. The molecule has 0 bridgehead atoms. The minimum Gasteiger partial charge on any atom is -0.486 e. The van der Waals surface area contributed by atoms with Crippen molar-refractivity contribution in [1.82, 2.24) is 0 Å². The summed E-state index contributed by atoms with van der Waals surface area (Å²) in [5, 5.41) is 0. The average molecular weight is 97.1 g/mol. The van der Waals surface area contributed by atoms with Crippen LogP contribution in [0.25, 0.3) is 0 Å². The Balaban J connectivity index is 2.47. The minimum atomic E-state index is 0.0301. The number of hydrogen-bond acceptors (Lipinski definition) is 2. The van der Waals surface area contributed by atoms with Gasteiger partial charge in [0.2, 0.25) is 0 Å². The van der Waals surface area contributed by atoms with Crippen LogP contribution in [0.2, 0.25) is 0 Å². The lowest BCUT2D eigenvalue weighted by molar-refractivity contribution is -0.118. The SMILES string of the molecule is O=C1[CH]OC=CC1. The van der Waals surface area contributed by atoms with Crippen LogP contribution in [-0.4, -0.2) is 5.78 Å². The fraction of sp³-hybridized carbons (Fsp3) is 0.200. The Bertz CT molecular complexity index is 105. The van der Waals surface area contributed by atoms with Crippen molar-refractivity contribution in [3.05, 3.63) is 18.9 Å². The van der Waals surface area contributed by atoms with E-state index in [0.717, 1.165) is 0 Å². The summed E-state index contributed by atoms with van der Waals surface area (Å²) in [5.74, 6) is 0.0301. The minimum absolute atomic E-state index is 0.0301. The fourth-order valence-corrected chi connectivity index (χ4v) is 0.383. The third kappa shape index (κ3) is 1.03. The molecule has 0 saturated carbocycles. The second kappa shape index (κ2) is 1.78. The van der Waals surface area contributed by atoms with E-state index in [1.807, 2.05) is 0 Å². The number of ether oxygens (including phenoxy) is 1. The van der Waals surface area contributed by atoms with Crippen LogP contribution in [0.5, 0.6) is 0 Å². The zero-order chi connectivity index (χ0) is 5.11. The topological polar surface area (TPSA) is 26.3 Å². The summed E-state index contributed by atoms with van der Waals surface area (Å²) in [6, 6.07) is 0. The molecule has 1 heterocycles. The van der Waals surface area contributed by atoms with E-state index in [1.54, 1.807) is 6.08 Å². The van der Waals surface area contributed by atoms with Gasteiger partial charge in [0, 0.05) is 6.42 Å². The van der Waals surface area contributed by atoms with Gasteiger partial charge < -0.3 is 4.74 Å². The number of Topliss-reactive ketones (excluding diaryl/α,β-unsaturated/α-hetero) is 1. The van der Waals surface area contributed by atoms with E-state index in [-0.39, 0.29) is 5.78 Å². The number of ketones is 1. The molecule has 0 aromatic heterocycles. The molecule has 1 radical (unpaired) electrons. The van der Waals surface area contributed by atoms with Crippen LogP contribution in [0.3, 0.4) is 0 Å². The molecule has 0 fully saturated rings. The molecule has 1 aliphatic rings. The zero-order valence-corrected chi connectivity index (χ0v) is 3.76. The zero-order valence-electron chi connectivity index (χ0n) is 3.76. The van der Waals surface area contributed by atoms with E-state index in [2.05, 4.69) is 4.74 Å². The molecule has 2 nitrogen and oxygen atoms in total. The Kier molecular flexibility index (Phi) is 1.11. The molecule has 0 aliphatic carbocycles. The lowest BCUT2D eigenvalue weighted by atomic mass is 10.3. The molecular formula is C5H5O2. The molecule has 0 aromatic carbocycles. The molecule has 0 aromatic rings.